The minimum Gasteiger partial charge on any atom is -0.497 e. The fraction of sp³-hybridized carbons (Fsp3) is 0.579. The number of urea groups is 1. The molecule has 138 valence electrons. The predicted octanol–water partition coefficient (Wildman–Crippen LogP) is 2.98. The van der Waals surface area contributed by atoms with Crippen LogP contribution in [0.3, 0.4) is 0 Å². The quantitative estimate of drug-likeness (QED) is 0.744. The summed E-state index contributed by atoms with van der Waals surface area (Å²) in [5.74, 6) is 1.03. The lowest BCUT2D eigenvalue weighted by atomic mass is 10.00. The summed E-state index contributed by atoms with van der Waals surface area (Å²) in [7, 11) is 1.66. The van der Waals surface area contributed by atoms with Crippen molar-refractivity contribution in [2.24, 2.45) is 5.73 Å². The smallest absolute Gasteiger partial charge is 0.312 e. The molecule has 0 spiro atoms. The number of amides is 3. The molecule has 1 aliphatic heterocycles. The molecule has 6 heteroatoms. The molecule has 3 N–H and O–H groups in total. The highest BCUT2D eigenvalue weighted by Crippen LogP contribution is 2.31. The van der Waals surface area contributed by atoms with Crippen molar-refractivity contribution in [2.45, 2.75) is 51.0 Å². The highest BCUT2D eigenvalue weighted by atomic mass is 16.5. The van der Waals surface area contributed by atoms with Crippen molar-refractivity contribution in [2.75, 3.05) is 20.2 Å². The monoisotopic (exact) mass is 347 g/mol. The molecule has 0 bridgehead atoms. The van der Waals surface area contributed by atoms with Gasteiger partial charge in [0.15, 0.2) is 0 Å². The van der Waals surface area contributed by atoms with Crippen molar-refractivity contribution in [1.29, 1.82) is 0 Å². The molecule has 3 amide bonds. The second-order valence-corrected chi connectivity index (χ2v) is 6.47. The number of primary amides is 1. The van der Waals surface area contributed by atoms with Gasteiger partial charge in [0.2, 0.25) is 5.91 Å². The van der Waals surface area contributed by atoms with Gasteiger partial charge in [0.25, 0.3) is 0 Å². The number of nitrogens with zero attached hydrogens (tertiary/aromatic N) is 1. The number of likely N-dealkylation sites (tertiary alicyclic amines) is 1. The van der Waals surface area contributed by atoms with Crippen LogP contribution in [0, 0.1) is 0 Å². The van der Waals surface area contributed by atoms with E-state index in [0.717, 1.165) is 44.4 Å². The Hall–Kier alpha value is -2.24. The maximum absolute atomic E-state index is 12.7. The van der Waals surface area contributed by atoms with Crippen molar-refractivity contribution in [3.8, 4) is 5.75 Å². The zero-order chi connectivity index (χ0) is 18.1. The normalized spacial score (nSPS) is 17.6. The summed E-state index contributed by atoms with van der Waals surface area (Å²) in [6.07, 6.45) is 6.39. The van der Waals surface area contributed by atoms with Gasteiger partial charge < -0.3 is 20.7 Å². The largest absolute Gasteiger partial charge is 0.497 e. The molecule has 1 unspecified atom stereocenters. The topological polar surface area (TPSA) is 84.7 Å². The number of carbonyl (C=O) groups is 2. The summed E-state index contributed by atoms with van der Waals surface area (Å²) < 4.78 is 5.23. The Labute approximate surface area is 149 Å². The second-order valence-electron chi connectivity index (χ2n) is 6.47. The summed E-state index contributed by atoms with van der Waals surface area (Å²) >= 11 is 0. The molecular weight excluding hydrogens is 318 g/mol. The SMILES string of the molecule is COc1ccc(C2CCCCCN2C(=O)CCCCNC(N)=O)cc1. The lowest BCUT2D eigenvalue weighted by Crippen LogP contribution is -2.35. The van der Waals surface area contributed by atoms with Crippen molar-refractivity contribution in [1.82, 2.24) is 10.2 Å². The molecule has 1 fully saturated rings. The standard InChI is InChI=1S/C19H29N3O3/c1-25-16-11-9-15(10-12-16)17-7-3-2-6-14-22(17)18(23)8-4-5-13-21-19(20)24/h9-12,17H,2-8,13-14H2,1H3,(H3,20,21,24). The number of rotatable bonds is 7. The Morgan fingerprint density at radius 1 is 1.20 bits per heavy atom. The van der Waals surface area contributed by atoms with Gasteiger partial charge in [0.05, 0.1) is 13.2 Å². The van der Waals surface area contributed by atoms with E-state index in [2.05, 4.69) is 17.4 Å². The van der Waals surface area contributed by atoms with Gasteiger partial charge >= 0.3 is 6.03 Å². The van der Waals surface area contributed by atoms with Crippen molar-refractivity contribution >= 4 is 11.9 Å². The molecule has 6 nitrogen and oxygen atoms in total. The Morgan fingerprint density at radius 2 is 1.96 bits per heavy atom. The second kappa shape index (κ2) is 9.91. The molecule has 0 aliphatic carbocycles. The van der Waals surface area contributed by atoms with Crippen molar-refractivity contribution in [3.63, 3.8) is 0 Å². The zero-order valence-corrected chi connectivity index (χ0v) is 15.0. The summed E-state index contributed by atoms with van der Waals surface area (Å²) in [6, 6.07) is 7.66. The Balaban J connectivity index is 1.95. The number of methoxy groups -OCH3 is 1. The van der Waals surface area contributed by atoms with E-state index in [-0.39, 0.29) is 11.9 Å². The van der Waals surface area contributed by atoms with Gasteiger partial charge in [-0.15, -0.1) is 0 Å². The summed E-state index contributed by atoms with van der Waals surface area (Å²) in [4.78, 5) is 25.4. The molecule has 1 atom stereocenters. The van der Waals surface area contributed by atoms with Crippen LogP contribution >= 0.6 is 0 Å². The first-order chi connectivity index (χ1) is 12.1. The first-order valence-corrected chi connectivity index (χ1v) is 9.08. The molecule has 0 radical (unpaired) electrons. The van der Waals surface area contributed by atoms with Crippen LogP contribution in [0.4, 0.5) is 4.79 Å². The first kappa shape index (κ1) is 19.1. The number of hydrogen-bond donors (Lipinski definition) is 2. The minimum absolute atomic E-state index is 0.143. The number of unbranched alkanes of at least 4 members (excludes halogenated alkanes) is 1. The number of hydrogen-bond acceptors (Lipinski definition) is 3. The van der Waals surface area contributed by atoms with E-state index in [9.17, 15) is 9.59 Å². The molecular formula is C19H29N3O3. The van der Waals surface area contributed by atoms with Gasteiger partial charge in [-0.3, -0.25) is 4.79 Å². The number of benzene rings is 1. The molecule has 1 aromatic rings. The van der Waals surface area contributed by atoms with Gasteiger partial charge in [-0.2, -0.15) is 0 Å². The number of nitrogens with one attached hydrogen (secondary N) is 1. The molecule has 1 saturated heterocycles. The highest BCUT2D eigenvalue weighted by molar-refractivity contribution is 5.76. The Morgan fingerprint density at radius 3 is 2.64 bits per heavy atom. The molecule has 1 aliphatic rings. The first-order valence-electron chi connectivity index (χ1n) is 9.08. The minimum atomic E-state index is -0.515. The fourth-order valence-corrected chi connectivity index (χ4v) is 3.34. The van der Waals surface area contributed by atoms with Crippen LogP contribution in [0.5, 0.6) is 5.75 Å². The van der Waals surface area contributed by atoms with E-state index in [1.807, 2.05) is 17.0 Å². The van der Waals surface area contributed by atoms with Crippen molar-refractivity contribution in [3.05, 3.63) is 29.8 Å². The van der Waals surface area contributed by atoms with Gasteiger partial charge in [0.1, 0.15) is 5.75 Å². The fourth-order valence-electron chi connectivity index (χ4n) is 3.34. The predicted molar refractivity (Wildman–Crippen MR) is 97.4 cm³/mol. The van der Waals surface area contributed by atoms with Crippen LogP contribution in [-0.4, -0.2) is 37.0 Å². The Bertz CT molecular complexity index is 560. The van der Waals surface area contributed by atoms with Crippen LogP contribution in [0.15, 0.2) is 24.3 Å². The van der Waals surface area contributed by atoms with Crippen LogP contribution < -0.4 is 15.8 Å². The molecule has 25 heavy (non-hydrogen) atoms. The number of nitrogens with two attached hydrogens (primary N) is 1. The van der Waals surface area contributed by atoms with E-state index in [1.54, 1.807) is 7.11 Å². The van der Waals surface area contributed by atoms with Gasteiger partial charge in [0, 0.05) is 19.5 Å². The van der Waals surface area contributed by atoms with Crippen LogP contribution in [0.2, 0.25) is 0 Å². The highest BCUT2D eigenvalue weighted by Gasteiger charge is 2.26. The Kier molecular flexibility index (Phi) is 7.57. The van der Waals surface area contributed by atoms with E-state index >= 15 is 0 Å². The summed E-state index contributed by atoms with van der Waals surface area (Å²) in [6.45, 7) is 1.33. The molecule has 0 saturated carbocycles. The third kappa shape index (κ3) is 5.96. The lowest BCUT2D eigenvalue weighted by Gasteiger charge is -2.31. The number of ether oxygens (including phenoxy) is 1. The molecule has 2 rings (SSSR count). The molecule has 0 aromatic heterocycles. The lowest BCUT2D eigenvalue weighted by molar-refractivity contribution is -0.133. The van der Waals surface area contributed by atoms with E-state index in [1.165, 1.54) is 12.0 Å². The van der Waals surface area contributed by atoms with Gasteiger partial charge in [-0.25, -0.2) is 4.79 Å². The maximum atomic E-state index is 12.7. The van der Waals surface area contributed by atoms with Gasteiger partial charge in [-0.1, -0.05) is 25.0 Å². The maximum Gasteiger partial charge on any atom is 0.312 e. The third-order valence-corrected chi connectivity index (χ3v) is 4.69. The zero-order valence-electron chi connectivity index (χ0n) is 15.0. The molecule has 1 aromatic carbocycles. The van der Waals surface area contributed by atoms with E-state index < -0.39 is 6.03 Å². The van der Waals surface area contributed by atoms with Gasteiger partial charge in [-0.05, 0) is 43.4 Å². The van der Waals surface area contributed by atoms with Crippen LogP contribution in [0.25, 0.3) is 0 Å². The van der Waals surface area contributed by atoms with E-state index in [4.69, 9.17) is 10.5 Å². The molecule has 1 heterocycles. The summed E-state index contributed by atoms with van der Waals surface area (Å²) in [5, 5.41) is 2.56. The summed E-state index contributed by atoms with van der Waals surface area (Å²) in [5.41, 5.74) is 6.21. The van der Waals surface area contributed by atoms with Crippen molar-refractivity contribution < 1.29 is 14.3 Å². The van der Waals surface area contributed by atoms with E-state index in [0.29, 0.717) is 13.0 Å². The van der Waals surface area contributed by atoms with Crippen LogP contribution in [-0.2, 0) is 4.79 Å². The van der Waals surface area contributed by atoms with Crippen LogP contribution in [0.1, 0.15) is 56.6 Å². The number of carbonyl (C=O) groups excluding carboxylic acids is 2. The average Bonchev–Trinajstić information content (AvgIpc) is 2.87. The third-order valence-electron chi connectivity index (χ3n) is 4.69. The average molecular weight is 347 g/mol.